The van der Waals surface area contributed by atoms with Gasteiger partial charge < -0.3 is 55.3 Å². The van der Waals surface area contributed by atoms with Crippen molar-refractivity contribution in [2.75, 3.05) is 37.9 Å². The maximum atomic E-state index is 13.9. The number of nitrogens with zero attached hydrogens (tertiary/aromatic N) is 8. The van der Waals surface area contributed by atoms with E-state index in [1.165, 1.54) is 35.6 Å². The molecule has 0 saturated carbocycles. The Kier molecular flexibility index (Phi) is 16.1. The van der Waals surface area contributed by atoms with Crippen molar-refractivity contribution in [3.05, 3.63) is 98.6 Å². The van der Waals surface area contributed by atoms with Gasteiger partial charge in [-0.1, -0.05) is 0 Å². The van der Waals surface area contributed by atoms with Crippen LogP contribution in [0.5, 0.6) is 0 Å². The number of aliphatic hydroxyl groups is 2. The topological polar surface area (TPSA) is 534 Å². The largest absolute Gasteiger partial charge is 0.472 e. The van der Waals surface area contributed by atoms with Crippen LogP contribution < -0.4 is 45.1 Å². The number of aromatic amines is 4. The first-order valence-electron chi connectivity index (χ1n) is 24.2. The molecule has 6 aromatic rings. The van der Waals surface area contributed by atoms with Crippen LogP contribution in [0.15, 0.2) is 53.8 Å². The van der Waals surface area contributed by atoms with Gasteiger partial charge >= 0.3 is 34.8 Å². The van der Waals surface area contributed by atoms with Gasteiger partial charge in [-0.2, -0.15) is 9.97 Å². The lowest BCUT2D eigenvalue weighted by Crippen LogP contribution is -2.33. The number of hydrogen-bond donors (Lipinski definition) is 11. The number of aromatic nitrogens is 12. The van der Waals surface area contributed by atoms with Crippen LogP contribution in [-0.4, -0.2) is 158 Å². The van der Waals surface area contributed by atoms with E-state index in [-0.39, 0.29) is 58.2 Å². The van der Waals surface area contributed by atoms with Gasteiger partial charge in [0.25, 0.3) is 22.2 Å². The number of anilines is 2. The summed E-state index contributed by atoms with van der Waals surface area (Å²) in [6, 6.07) is 0. The number of nitrogen functional groups attached to an aromatic ring is 2. The number of imidazole rings is 2. The van der Waals surface area contributed by atoms with Crippen LogP contribution in [0, 0.1) is 13.8 Å². The first kappa shape index (κ1) is 58.0. The molecule has 4 fully saturated rings. The Labute approximate surface area is 449 Å². The van der Waals surface area contributed by atoms with Gasteiger partial charge in [0.05, 0.1) is 45.2 Å². The van der Waals surface area contributed by atoms with Crippen molar-refractivity contribution in [1.82, 2.24) is 58.1 Å². The lowest BCUT2D eigenvalue weighted by atomic mass is 10.2. The Morgan fingerprint density at radius 2 is 0.914 bits per heavy atom. The lowest BCUT2D eigenvalue weighted by molar-refractivity contribution is -0.0635. The van der Waals surface area contributed by atoms with Crippen molar-refractivity contribution in [3.63, 3.8) is 0 Å². The van der Waals surface area contributed by atoms with E-state index in [1.54, 1.807) is 0 Å². The fourth-order valence-electron chi connectivity index (χ4n) is 9.46. The Morgan fingerprint density at radius 1 is 0.556 bits per heavy atom. The Morgan fingerprint density at radius 3 is 1.33 bits per heavy atom. The highest BCUT2D eigenvalue weighted by atomic mass is 31.2. The van der Waals surface area contributed by atoms with Crippen LogP contribution in [0.1, 0.15) is 61.7 Å². The third-order valence-corrected chi connectivity index (χ3v) is 16.4. The molecule has 440 valence electrons. The van der Waals surface area contributed by atoms with Gasteiger partial charge in [0.15, 0.2) is 22.3 Å². The molecule has 15 atom stereocenters. The zero-order chi connectivity index (χ0) is 58.0. The summed E-state index contributed by atoms with van der Waals surface area (Å²) in [5.41, 5.74) is 6.55. The molecule has 0 bridgehead atoms. The second kappa shape index (κ2) is 22.5. The van der Waals surface area contributed by atoms with E-state index >= 15 is 0 Å². The van der Waals surface area contributed by atoms with Gasteiger partial charge in [0.1, 0.15) is 67.6 Å². The third kappa shape index (κ3) is 12.4. The molecule has 38 nitrogen and oxygen atoms in total. The van der Waals surface area contributed by atoms with E-state index in [0.717, 1.165) is 21.5 Å². The molecule has 10 rings (SSSR count). The van der Waals surface area contributed by atoms with E-state index < -0.39 is 170 Å². The Hall–Kier alpha value is -6.25. The quantitative estimate of drug-likeness (QED) is 0.0343. The highest BCUT2D eigenvalue weighted by Gasteiger charge is 2.48. The number of nitrogens with two attached hydrogens (primary N) is 2. The number of aliphatic hydroxyl groups excluding tert-OH is 2. The smallest absolute Gasteiger partial charge is 0.394 e. The molecule has 0 spiro atoms. The van der Waals surface area contributed by atoms with Crippen LogP contribution in [0.3, 0.4) is 0 Å². The first-order chi connectivity index (χ1) is 38.2. The van der Waals surface area contributed by atoms with Crippen molar-refractivity contribution >= 4 is 57.7 Å². The van der Waals surface area contributed by atoms with E-state index in [1.807, 2.05) is 0 Å². The molecule has 0 amide bonds. The number of rotatable bonds is 20. The SMILES string of the molecule is Cc1cn([C@H]2C[C@H](OP(=O)(O)OC[C@H]3O[C@@H](n4cnc5c(=O)[nH]c(N)nc54)C[C@@H]3O)[C@@H](COP(=O)(O)O[C@H]3C[C@H](n4cc(C)c(=O)[nH]c4=O)O[C@@H]3COP(=O)(O)O[C@H]3C[C@H](n4cnc5c(=O)[nH]c(N)nc54)O[C@@H]3CO)O2)c(=O)[nH]c1=O. The Bertz CT molecular complexity index is 3900. The first-order valence-corrected chi connectivity index (χ1v) is 28.7. The van der Waals surface area contributed by atoms with Gasteiger partial charge in [-0.3, -0.25) is 84.5 Å². The summed E-state index contributed by atoms with van der Waals surface area (Å²) in [5, 5.41) is 21.0. The van der Waals surface area contributed by atoms with Crippen LogP contribution in [0.4, 0.5) is 11.9 Å². The molecular formula is C40H51N14O24P3. The van der Waals surface area contributed by atoms with E-state index in [9.17, 15) is 67.4 Å². The average molecular weight is 1200 g/mol. The summed E-state index contributed by atoms with van der Waals surface area (Å²) in [6.45, 7) is -0.759. The Balaban J connectivity index is 0.824. The molecule has 10 heterocycles. The minimum Gasteiger partial charge on any atom is -0.394 e. The average Bonchev–Trinajstić information content (AvgIpc) is 4.31. The molecule has 0 aromatic carbocycles. The monoisotopic (exact) mass is 1200 g/mol. The maximum absolute atomic E-state index is 13.9. The molecule has 0 aliphatic carbocycles. The van der Waals surface area contributed by atoms with Gasteiger partial charge in [-0.05, 0) is 13.8 Å². The van der Waals surface area contributed by atoms with E-state index in [0.29, 0.717) is 0 Å². The fraction of sp³-hybridized carbons (Fsp3) is 0.550. The summed E-state index contributed by atoms with van der Waals surface area (Å²) in [7, 11) is -15.9. The summed E-state index contributed by atoms with van der Waals surface area (Å²) in [5.74, 6) is -0.471. The van der Waals surface area contributed by atoms with Gasteiger partial charge in [-0.25, -0.2) is 33.3 Å². The normalized spacial score (nSPS) is 29.1. The van der Waals surface area contributed by atoms with Crippen LogP contribution in [-0.2, 0) is 59.8 Å². The lowest BCUT2D eigenvalue weighted by Gasteiger charge is -2.25. The van der Waals surface area contributed by atoms with Gasteiger partial charge in [0.2, 0.25) is 11.9 Å². The molecule has 3 unspecified atom stereocenters. The number of hydrogen-bond acceptors (Lipinski definition) is 27. The zero-order valence-electron chi connectivity index (χ0n) is 42.0. The highest BCUT2D eigenvalue weighted by Crippen LogP contribution is 2.53. The number of H-pyrrole nitrogens is 4. The standard InChI is InChI=1S/C40H51N14O24P3/c1-15-7-51(39(61)49-33(15)57)26-5-19(77-79(63,64)69-10-22-17(56)3-25(73-22)53-13-43-29-31(53)45-37(41)47-35(29)59)24(75-26)12-71-81(67,68)78-20-6-27(52-8-16(2)34(58)50-40(52)62)74-23(20)11-70-80(65,66)76-18-4-28(72-21(18)9-55)54-14-44-30-32(54)46-38(42)48-36(30)60/h7-8,13-14,17-28,55-56H,3-6,9-12H2,1-2H3,(H,63,64)(H,65,66)(H,67,68)(H,49,57,61)(H,50,58,62)(H3,41,45,47,59)(H3,42,46,48,60)/t17-,18-,19-,20-,21+,22+,23+,24+,25+,26+,27+,28+/m0/s1. The van der Waals surface area contributed by atoms with Crippen LogP contribution >= 0.6 is 23.5 Å². The summed E-state index contributed by atoms with van der Waals surface area (Å²) in [4.78, 5) is 133. The van der Waals surface area contributed by atoms with Crippen molar-refractivity contribution in [2.45, 2.75) is 113 Å². The van der Waals surface area contributed by atoms with Crippen LogP contribution in [0.25, 0.3) is 22.3 Å². The molecule has 81 heavy (non-hydrogen) atoms. The molecule has 41 heteroatoms. The van der Waals surface area contributed by atoms with Crippen molar-refractivity contribution in [2.24, 2.45) is 0 Å². The second-order valence-electron chi connectivity index (χ2n) is 18.9. The molecule has 4 saturated heterocycles. The number of phosphoric ester groups is 3. The van der Waals surface area contributed by atoms with Crippen LogP contribution in [0.2, 0.25) is 0 Å². The zero-order valence-corrected chi connectivity index (χ0v) is 44.6. The molecular weight excluding hydrogens is 1150 g/mol. The van der Waals surface area contributed by atoms with Crippen molar-refractivity contribution < 1.29 is 84.7 Å². The molecule has 4 aliphatic heterocycles. The van der Waals surface area contributed by atoms with Crippen molar-refractivity contribution in [1.29, 1.82) is 0 Å². The predicted molar refractivity (Wildman–Crippen MR) is 266 cm³/mol. The van der Waals surface area contributed by atoms with Gasteiger partial charge in [0, 0.05) is 49.2 Å². The predicted octanol–water partition coefficient (Wildman–Crippen LogP) is -2.86. The third-order valence-electron chi connectivity index (χ3n) is 13.4. The molecule has 6 aromatic heterocycles. The minimum atomic E-state index is -5.44. The maximum Gasteiger partial charge on any atom is 0.472 e. The molecule has 4 aliphatic rings. The highest BCUT2D eigenvalue weighted by molar-refractivity contribution is 7.48. The molecule has 0 radical (unpaired) electrons. The molecule has 13 N–H and O–H groups in total. The minimum absolute atomic E-state index is 0.00778. The summed E-state index contributed by atoms with van der Waals surface area (Å²) in [6.07, 6.45) is -13.3. The van der Waals surface area contributed by atoms with Crippen molar-refractivity contribution in [3.8, 4) is 0 Å². The van der Waals surface area contributed by atoms with E-state index in [2.05, 4.69) is 39.9 Å². The number of fused-ring (bicyclic) bond motifs is 2. The number of nitrogens with one attached hydrogen (secondary N) is 4. The fourth-order valence-corrected chi connectivity index (χ4v) is 12.3. The second-order valence-corrected chi connectivity index (χ2v) is 23.2. The van der Waals surface area contributed by atoms with Gasteiger partial charge in [-0.15, -0.1) is 0 Å². The number of aryl methyl sites for hydroxylation is 2. The number of phosphoric acid groups is 3. The number of ether oxygens (including phenoxy) is 4. The summed E-state index contributed by atoms with van der Waals surface area (Å²) >= 11 is 0. The van der Waals surface area contributed by atoms with E-state index in [4.69, 9.17) is 57.6 Å². The summed E-state index contributed by atoms with van der Waals surface area (Å²) < 4.78 is 101.